The average Bonchev–Trinajstić information content (AvgIpc) is 2.94. The molecule has 2 N–H and O–H groups in total. The third-order valence-electron chi connectivity index (χ3n) is 7.05. The highest BCUT2D eigenvalue weighted by molar-refractivity contribution is 5.75. The maximum Gasteiger partial charge on any atom is 0.331 e. The van der Waals surface area contributed by atoms with Crippen LogP contribution in [0.25, 0.3) is 0 Å². The van der Waals surface area contributed by atoms with Crippen molar-refractivity contribution in [2.75, 3.05) is 0 Å². The molecule has 2 rings (SSSR count). The van der Waals surface area contributed by atoms with Gasteiger partial charge in [0.05, 0.1) is 11.3 Å². The average molecular weight is 437 g/mol. The van der Waals surface area contributed by atoms with Gasteiger partial charge in [0.2, 0.25) is 5.88 Å². The van der Waals surface area contributed by atoms with Crippen molar-refractivity contribution in [2.45, 2.75) is 122 Å². The van der Waals surface area contributed by atoms with Crippen molar-refractivity contribution in [3.63, 3.8) is 0 Å². The first-order valence-electron chi connectivity index (χ1n) is 12.4. The van der Waals surface area contributed by atoms with Crippen LogP contribution in [0.1, 0.15) is 109 Å². The minimum Gasteiger partial charge on any atom is -0.493 e. The van der Waals surface area contributed by atoms with E-state index in [1.165, 1.54) is 36.7 Å². The maximum absolute atomic E-state index is 12.6. The van der Waals surface area contributed by atoms with Gasteiger partial charge in [0.25, 0.3) is 0 Å². The van der Waals surface area contributed by atoms with Crippen molar-refractivity contribution >= 4 is 5.78 Å². The van der Waals surface area contributed by atoms with Crippen molar-refractivity contribution in [1.82, 2.24) is 9.13 Å². The van der Waals surface area contributed by atoms with E-state index < -0.39 is 5.60 Å². The molecule has 1 aliphatic carbocycles. The molecule has 1 fully saturated rings. The quantitative estimate of drug-likeness (QED) is 0.408. The number of carbonyl (C=O) groups is 1. The Bertz CT molecular complexity index is 741. The molecule has 178 valence electrons. The highest BCUT2D eigenvalue weighted by Gasteiger charge is 2.25. The lowest BCUT2D eigenvalue weighted by molar-refractivity contribution is -0.117. The number of carbonyl (C=O) groups excluding carboxylic acids is 1. The normalized spacial score (nSPS) is 17.0. The molecule has 0 aliphatic heterocycles. The van der Waals surface area contributed by atoms with Gasteiger partial charge in [-0.15, -0.1) is 0 Å². The van der Waals surface area contributed by atoms with Crippen LogP contribution in [0.5, 0.6) is 5.88 Å². The summed E-state index contributed by atoms with van der Waals surface area (Å²) in [5, 5.41) is 21.3. The van der Waals surface area contributed by atoms with Crippen LogP contribution >= 0.6 is 0 Å². The summed E-state index contributed by atoms with van der Waals surface area (Å²) >= 11 is 0. The Balaban J connectivity index is 1.84. The number of rotatable bonds is 14. The third-order valence-corrected chi connectivity index (χ3v) is 7.05. The van der Waals surface area contributed by atoms with Crippen molar-refractivity contribution in [3.8, 4) is 5.88 Å². The van der Waals surface area contributed by atoms with E-state index in [1.54, 1.807) is 18.5 Å². The Morgan fingerprint density at radius 3 is 2.39 bits per heavy atom. The van der Waals surface area contributed by atoms with Crippen molar-refractivity contribution in [3.05, 3.63) is 16.2 Å². The SMILES string of the molecule is CC(=O)CCCCCCCc1c(O)n(C)c(=O)n1CCC(C)(O)CCC1CCCCC1. The Labute approximate surface area is 187 Å². The van der Waals surface area contributed by atoms with Crippen molar-refractivity contribution in [1.29, 1.82) is 0 Å². The van der Waals surface area contributed by atoms with Crippen LogP contribution in [0, 0.1) is 5.92 Å². The summed E-state index contributed by atoms with van der Waals surface area (Å²) in [6.07, 6.45) is 15.1. The highest BCUT2D eigenvalue weighted by atomic mass is 16.3. The summed E-state index contributed by atoms with van der Waals surface area (Å²) in [6.45, 7) is 3.94. The number of aliphatic hydroxyl groups is 1. The fraction of sp³-hybridized carbons (Fsp3) is 0.840. The second-order valence-electron chi connectivity index (χ2n) is 10.0. The molecule has 0 radical (unpaired) electrons. The van der Waals surface area contributed by atoms with Crippen molar-refractivity contribution in [2.24, 2.45) is 13.0 Å². The van der Waals surface area contributed by atoms with Crippen molar-refractivity contribution < 1.29 is 15.0 Å². The number of unbranched alkanes of at least 4 members (excludes halogenated alkanes) is 4. The number of Topliss-reactive ketones (excluding diaryl/α,β-unsaturated/α-hetero) is 1. The molecule has 0 aromatic carbocycles. The maximum atomic E-state index is 12.6. The first-order chi connectivity index (χ1) is 14.7. The Hall–Kier alpha value is -1.56. The van der Waals surface area contributed by atoms with E-state index in [4.69, 9.17) is 0 Å². The molecule has 1 atom stereocenters. The van der Waals surface area contributed by atoms with E-state index >= 15 is 0 Å². The summed E-state index contributed by atoms with van der Waals surface area (Å²) in [5.41, 5.74) is -0.326. The summed E-state index contributed by atoms with van der Waals surface area (Å²) in [7, 11) is 1.60. The summed E-state index contributed by atoms with van der Waals surface area (Å²) in [4.78, 5) is 23.6. The summed E-state index contributed by atoms with van der Waals surface area (Å²) < 4.78 is 2.96. The molecule has 6 heteroatoms. The molecule has 1 aromatic rings. The third kappa shape index (κ3) is 8.47. The molecule has 1 heterocycles. The van der Waals surface area contributed by atoms with Crippen LogP contribution < -0.4 is 5.69 Å². The zero-order chi connectivity index (χ0) is 22.9. The fourth-order valence-electron chi connectivity index (χ4n) is 4.84. The number of ketones is 1. The van der Waals surface area contributed by atoms with Crippen LogP contribution in [-0.2, 0) is 24.8 Å². The predicted octanol–water partition coefficient (Wildman–Crippen LogP) is 4.87. The highest BCUT2D eigenvalue weighted by Crippen LogP contribution is 2.30. The second-order valence-corrected chi connectivity index (χ2v) is 10.0. The lowest BCUT2D eigenvalue weighted by Crippen LogP contribution is -2.31. The second kappa shape index (κ2) is 12.5. The molecule has 0 amide bonds. The number of nitrogens with zero attached hydrogens (tertiary/aromatic N) is 2. The topological polar surface area (TPSA) is 84.5 Å². The monoisotopic (exact) mass is 436 g/mol. The van der Waals surface area contributed by atoms with Gasteiger partial charge in [-0.3, -0.25) is 9.13 Å². The zero-order valence-electron chi connectivity index (χ0n) is 20.0. The minimum absolute atomic E-state index is 0.0448. The Morgan fingerprint density at radius 2 is 1.71 bits per heavy atom. The van der Waals surface area contributed by atoms with E-state index in [1.807, 2.05) is 6.92 Å². The largest absolute Gasteiger partial charge is 0.493 e. The first kappa shape index (κ1) is 25.7. The van der Waals surface area contributed by atoms with Gasteiger partial charge in [-0.2, -0.15) is 0 Å². The van der Waals surface area contributed by atoms with E-state index in [0.717, 1.165) is 50.9 Å². The predicted molar refractivity (Wildman–Crippen MR) is 124 cm³/mol. The van der Waals surface area contributed by atoms with Gasteiger partial charge in [0, 0.05) is 20.0 Å². The van der Waals surface area contributed by atoms with Crippen LogP contribution in [-0.4, -0.2) is 30.7 Å². The molecule has 0 saturated heterocycles. The van der Waals surface area contributed by atoms with E-state index in [2.05, 4.69) is 0 Å². The van der Waals surface area contributed by atoms with Crippen LogP contribution in [0.3, 0.4) is 0 Å². The van der Waals surface area contributed by atoms with Gasteiger partial charge in [-0.25, -0.2) is 4.79 Å². The molecule has 1 saturated carbocycles. The Kier molecular flexibility index (Phi) is 10.3. The standard InChI is InChI=1S/C25H44N2O4/c1-20(28)12-8-5-4-6-11-15-22-23(29)26(3)24(30)27(22)19-18-25(2,31)17-16-21-13-9-7-10-14-21/h21,29,31H,4-19H2,1-3H3. The van der Waals surface area contributed by atoms with Crippen LogP contribution in [0.4, 0.5) is 0 Å². The molecule has 1 aliphatic rings. The Morgan fingerprint density at radius 1 is 1.06 bits per heavy atom. The van der Waals surface area contributed by atoms with Gasteiger partial charge in [-0.1, -0.05) is 51.4 Å². The van der Waals surface area contributed by atoms with Crippen LogP contribution in [0.15, 0.2) is 4.79 Å². The molecular weight excluding hydrogens is 392 g/mol. The summed E-state index contributed by atoms with van der Waals surface area (Å²) in [5.74, 6) is 1.02. The zero-order valence-corrected chi connectivity index (χ0v) is 20.0. The smallest absolute Gasteiger partial charge is 0.331 e. The van der Waals surface area contributed by atoms with Crippen LogP contribution in [0.2, 0.25) is 0 Å². The van der Waals surface area contributed by atoms with Gasteiger partial charge in [0.15, 0.2) is 0 Å². The number of imidazole rings is 1. The van der Waals surface area contributed by atoms with E-state index in [0.29, 0.717) is 31.5 Å². The van der Waals surface area contributed by atoms with Gasteiger partial charge < -0.3 is 15.0 Å². The molecule has 6 nitrogen and oxygen atoms in total. The number of aromatic nitrogens is 2. The lowest BCUT2D eigenvalue weighted by atomic mass is 9.83. The number of aromatic hydroxyl groups is 1. The molecule has 31 heavy (non-hydrogen) atoms. The first-order valence-corrected chi connectivity index (χ1v) is 12.4. The molecular formula is C25H44N2O4. The molecule has 0 bridgehead atoms. The molecule has 0 spiro atoms. The summed E-state index contributed by atoms with van der Waals surface area (Å²) in [6, 6.07) is 0. The van der Waals surface area contributed by atoms with Gasteiger partial charge in [-0.05, 0) is 58.3 Å². The number of hydrogen-bond donors (Lipinski definition) is 2. The minimum atomic E-state index is -0.795. The lowest BCUT2D eigenvalue weighted by Gasteiger charge is -2.28. The fourth-order valence-corrected chi connectivity index (χ4v) is 4.84. The van der Waals surface area contributed by atoms with E-state index in [9.17, 15) is 19.8 Å². The van der Waals surface area contributed by atoms with Gasteiger partial charge in [0.1, 0.15) is 5.78 Å². The van der Waals surface area contributed by atoms with Gasteiger partial charge >= 0.3 is 5.69 Å². The van der Waals surface area contributed by atoms with E-state index in [-0.39, 0.29) is 17.4 Å². The molecule has 1 unspecified atom stereocenters. The number of hydrogen-bond acceptors (Lipinski definition) is 4. The molecule has 1 aromatic heterocycles.